The summed E-state index contributed by atoms with van der Waals surface area (Å²) in [7, 11) is 1.47. The van der Waals surface area contributed by atoms with Crippen LogP contribution >= 0.6 is 23.2 Å². The summed E-state index contributed by atoms with van der Waals surface area (Å²) < 4.78 is 4.95. The molecule has 2 aromatic rings. The van der Waals surface area contributed by atoms with Crippen molar-refractivity contribution >= 4 is 40.9 Å². The monoisotopic (exact) mass is 337 g/mol. The molecule has 4 nitrogen and oxygen atoms in total. The number of halogens is 2. The molecule has 6 heteroatoms. The zero-order valence-corrected chi connectivity index (χ0v) is 13.2. The van der Waals surface area contributed by atoms with Gasteiger partial charge in [0.25, 0.3) is 0 Å². The Kier molecular flexibility index (Phi) is 5.31. The predicted octanol–water partition coefficient (Wildman–Crippen LogP) is 4.36. The Hall–Kier alpha value is -2.17. The minimum Gasteiger partial charge on any atom is -0.504 e. The highest BCUT2D eigenvalue weighted by molar-refractivity contribution is 6.42. The summed E-state index contributed by atoms with van der Waals surface area (Å²) in [5, 5.41) is 13.1. The fourth-order valence-corrected chi connectivity index (χ4v) is 2.04. The third kappa shape index (κ3) is 4.16. The van der Waals surface area contributed by atoms with Gasteiger partial charge in [-0.2, -0.15) is 0 Å². The molecule has 22 heavy (non-hydrogen) atoms. The van der Waals surface area contributed by atoms with Crippen LogP contribution in [0.5, 0.6) is 11.5 Å². The fraction of sp³-hybridized carbons (Fsp3) is 0.0625. The molecule has 2 aromatic carbocycles. The number of ether oxygens (including phenoxy) is 1. The molecule has 0 saturated heterocycles. The van der Waals surface area contributed by atoms with E-state index >= 15 is 0 Å². The molecule has 0 fully saturated rings. The highest BCUT2D eigenvalue weighted by Gasteiger charge is 2.03. The van der Waals surface area contributed by atoms with E-state index in [4.69, 9.17) is 27.9 Å². The Morgan fingerprint density at radius 2 is 1.95 bits per heavy atom. The number of amides is 1. The first-order valence-corrected chi connectivity index (χ1v) is 7.06. The van der Waals surface area contributed by atoms with Crippen LogP contribution < -0.4 is 10.1 Å². The normalized spacial score (nSPS) is 10.7. The van der Waals surface area contributed by atoms with Crippen molar-refractivity contribution in [1.82, 2.24) is 0 Å². The lowest BCUT2D eigenvalue weighted by atomic mass is 10.2. The van der Waals surface area contributed by atoms with Gasteiger partial charge in [0, 0.05) is 11.8 Å². The van der Waals surface area contributed by atoms with Crippen LogP contribution in [-0.2, 0) is 4.79 Å². The number of rotatable bonds is 4. The molecular weight excluding hydrogens is 325 g/mol. The van der Waals surface area contributed by atoms with E-state index in [9.17, 15) is 9.90 Å². The molecule has 1 amide bonds. The topological polar surface area (TPSA) is 58.6 Å². The van der Waals surface area contributed by atoms with Gasteiger partial charge in [-0.3, -0.25) is 4.79 Å². The molecule has 0 aromatic heterocycles. The maximum absolute atomic E-state index is 11.8. The molecule has 2 N–H and O–H groups in total. The summed E-state index contributed by atoms with van der Waals surface area (Å²) in [5.74, 6) is 0.0562. The van der Waals surface area contributed by atoms with E-state index in [1.165, 1.54) is 19.3 Å². The standard InChI is InChI=1S/C16H13Cl2NO3/c1-22-15-6-2-10(8-14(15)20)3-7-16(21)19-11-4-5-12(17)13(18)9-11/h2-9,20H,1H3,(H,19,21)/b7-3+. The van der Waals surface area contributed by atoms with Crippen molar-refractivity contribution in [3.8, 4) is 11.5 Å². The zero-order chi connectivity index (χ0) is 16.1. The third-order valence-corrected chi connectivity index (χ3v) is 3.56. The average molecular weight is 338 g/mol. The van der Waals surface area contributed by atoms with Crippen LogP contribution in [-0.4, -0.2) is 18.1 Å². The second kappa shape index (κ2) is 7.20. The zero-order valence-electron chi connectivity index (χ0n) is 11.6. The van der Waals surface area contributed by atoms with E-state index in [0.717, 1.165) is 0 Å². The van der Waals surface area contributed by atoms with Crippen LogP contribution in [0.3, 0.4) is 0 Å². The number of aromatic hydroxyl groups is 1. The quantitative estimate of drug-likeness (QED) is 0.815. The molecule has 0 atom stereocenters. The second-order valence-electron chi connectivity index (χ2n) is 4.38. The molecule has 0 unspecified atom stereocenters. The molecule has 2 rings (SSSR count). The molecule has 114 valence electrons. The molecule has 0 saturated carbocycles. The molecule has 0 aliphatic rings. The van der Waals surface area contributed by atoms with Crippen LogP contribution in [0.1, 0.15) is 5.56 Å². The SMILES string of the molecule is COc1ccc(/C=C/C(=O)Nc2ccc(Cl)c(Cl)c2)cc1O. The Morgan fingerprint density at radius 3 is 2.59 bits per heavy atom. The average Bonchev–Trinajstić information content (AvgIpc) is 2.49. The summed E-state index contributed by atoms with van der Waals surface area (Å²) in [6.45, 7) is 0. The van der Waals surface area contributed by atoms with E-state index in [2.05, 4.69) is 5.32 Å². The van der Waals surface area contributed by atoms with Gasteiger partial charge in [-0.05, 0) is 42.0 Å². The van der Waals surface area contributed by atoms with Crippen LogP contribution in [0.2, 0.25) is 10.0 Å². The maximum atomic E-state index is 11.8. The minimum atomic E-state index is -0.325. The Balaban J connectivity index is 2.04. The van der Waals surface area contributed by atoms with Crippen molar-refractivity contribution in [1.29, 1.82) is 0 Å². The number of nitrogens with one attached hydrogen (secondary N) is 1. The fourth-order valence-electron chi connectivity index (χ4n) is 1.74. The van der Waals surface area contributed by atoms with Crippen molar-refractivity contribution < 1.29 is 14.6 Å². The van der Waals surface area contributed by atoms with E-state index in [-0.39, 0.29) is 11.7 Å². The molecule has 0 aliphatic carbocycles. The number of hydrogen-bond donors (Lipinski definition) is 2. The van der Waals surface area contributed by atoms with E-state index < -0.39 is 0 Å². The second-order valence-corrected chi connectivity index (χ2v) is 5.20. The molecule has 0 radical (unpaired) electrons. The van der Waals surface area contributed by atoms with Gasteiger partial charge in [0.15, 0.2) is 11.5 Å². The van der Waals surface area contributed by atoms with Gasteiger partial charge >= 0.3 is 0 Å². The third-order valence-electron chi connectivity index (χ3n) is 2.82. The highest BCUT2D eigenvalue weighted by Crippen LogP contribution is 2.27. The van der Waals surface area contributed by atoms with Gasteiger partial charge in [0.1, 0.15) is 0 Å². The highest BCUT2D eigenvalue weighted by atomic mass is 35.5. The van der Waals surface area contributed by atoms with Crippen LogP contribution in [0, 0.1) is 0 Å². The molecule has 0 bridgehead atoms. The van der Waals surface area contributed by atoms with Crippen molar-refractivity contribution in [2.45, 2.75) is 0 Å². The van der Waals surface area contributed by atoms with Crippen LogP contribution in [0.4, 0.5) is 5.69 Å². The first kappa shape index (κ1) is 16.2. The van der Waals surface area contributed by atoms with Crippen molar-refractivity contribution in [2.75, 3.05) is 12.4 Å². The number of phenolic OH excluding ortho intramolecular Hbond substituents is 1. The maximum Gasteiger partial charge on any atom is 0.248 e. The van der Waals surface area contributed by atoms with Gasteiger partial charge in [-0.15, -0.1) is 0 Å². The lowest BCUT2D eigenvalue weighted by molar-refractivity contribution is -0.111. The smallest absolute Gasteiger partial charge is 0.248 e. The van der Waals surface area contributed by atoms with Gasteiger partial charge in [-0.1, -0.05) is 29.3 Å². The summed E-state index contributed by atoms with van der Waals surface area (Å²) in [6.07, 6.45) is 2.93. The number of carbonyl (C=O) groups excluding carboxylic acids is 1. The predicted molar refractivity (Wildman–Crippen MR) is 88.8 cm³/mol. The number of phenols is 1. The Labute approximate surface area is 137 Å². The van der Waals surface area contributed by atoms with Gasteiger partial charge in [0.2, 0.25) is 5.91 Å². The summed E-state index contributed by atoms with van der Waals surface area (Å²) >= 11 is 11.7. The number of hydrogen-bond acceptors (Lipinski definition) is 3. The van der Waals surface area contributed by atoms with Gasteiger partial charge < -0.3 is 15.2 Å². The summed E-state index contributed by atoms with van der Waals surface area (Å²) in [5.41, 5.74) is 1.21. The number of methoxy groups -OCH3 is 1. The molecule has 0 aliphatic heterocycles. The lowest BCUT2D eigenvalue weighted by Gasteiger charge is -2.04. The first-order valence-electron chi connectivity index (χ1n) is 6.30. The van der Waals surface area contributed by atoms with Crippen molar-refractivity contribution in [3.05, 3.63) is 58.1 Å². The summed E-state index contributed by atoms with van der Waals surface area (Å²) in [4.78, 5) is 11.8. The van der Waals surface area contributed by atoms with Crippen LogP contribution in [0.25, 0.3) is 6.08 Å². The van der Waals surface area contributed by atoms with Crippen molar-refractivity contribution in [3.63, 3.8) is 0 Å². The Bertz CT molecular complexity index is 729. The molecule has 0 heterocycles. The number of anilines is 1. The Morgan fingerprint density at radius 1 is 1.18 bits per heavy atom. The van der Waals surface area contributed by atoms with Crippen molar-refractivity contribution in [2.24, 2.45) is 0 Å². The number of benzene rings is 2. The van der Waals surface area contributed by atoms with Gasteiger partial charge in [-0.25, -0.2) is 0 Å². The molecular formula is C16H13Cl2NO3. The first-order chi connectivity index (χ1) is 10.5. The summed E-state index contributed by atoms with van der Waals surface area (Å²) in [6, 6.07) is 9.66. The number of carbonyl (C=O) groups is 1. The van der Waals surface area contributed by atoms with E-state index in [1.807, 2.05) is 0 Å². The van der Waals surface area contributed by atoms with E-state index in [1.54, 1.807) is 36.4 Å². The molecule has 0 spiro atoms. The largest absolute Gasteiger partial charge is 0.504 e. The van der Waals surface area contributed by atoms with E-state index in [0.29, 0.717) is 27.0 Å². The van der Waals surface area contributed by atoms with Gasteiger partial charge in [0.05, 0.1) is 17.2 Å². The minimum absolute atomic E-state index is 0.00883. The van der Waals surface area contributed by atoms with Crippen LogP contribution in [0.15, 0.2) is 42.5 Å². The lowest BCUT2D eigenvalue weighted by Crippen LogP contribution is -2.07.